The van der Waals surface area contributed by atoms with Gasteiger partial charge >= 0.3 is 0 Å². The molecule has 2 saturated heterocycles. The van der Waals surface area contributed by atoms with Gasteiger partial charge in [0.2, 0.25) is 5.13 Å². The number of benzene rings is 2. The molecule has 0 spiro atoms. The number of hydrogen-bond donors (Lipinski definition) is 0. The maximum Gasteiger partial charge on any atom is 0.274 e. The molecule has 0 bridgehead atoms. The van der Waals surface area contributed by atoms with Crippen molar-refractivity contribution in [1.29, 1.82) is 0 Å². The van der Waals surface area contributed by atoms with Crippen molar-refractivity contribution in [2.24, 2.45) is 0 Å². The highest BCUT2D eigenvalue weighted by atomic mass is 32.1. The molecule has 4 heterocycles. The monoisotopic (exact) mass is 471 g/mol. The van der Waals surface area contributed by atoms with Crippen LogP contribution < -0.4 is 0 Å². The van der Waals surface area contributed by atoms with Gasteiger partial charge in [-0.25, -0.2) is 9.67 Å². The van der Waals surface area contributed by atoms with Gasteiger partial charge in [0.15, 0.2) is 5.69 Å². The quantitative estimate of drug-likeness (QED) is 0.408. The van der Waals surface area contributed by atoms with E-state index in [4.69, 9.17) is 10.1 Å². The first-order valence-electron chi connectivity index (χ1n) is 12.3. The van der Waals surface area contributed by atoms with Crippen LogP contribution in [-0.4, -0.2) is 62.7 Å². The molecule has 2 fully saturated rings. The molecular weight excluding hydrogens is 442 g/mol. The Morgan fingerprint density at radius 3 is 2.38 bits per heavy atom. The SMILES string of the molecule is O=C(c1cc(-c2ccccc2)n(-c2nc3ccccc3s2)n1)N1CCC(N2CCCCC2)CC1. The van der Waals surface area contributed by atoms with Crippen LogP contribution in [0.15, 0.2) is 60.7 Å². The lowest BCUT2D eigenvalue weighted by atomic mass is 9.99. The Labute approximate surface area is 203 Å². The zero-order valence-electron chi connectivity index (χ0n) is 19.3. The minimum Gasteiger partial charge on any atom is -0.337 e. The molecule has 0 atom stereocenters. The highest BCUT2D eigenvalue weighted by Crippen LogP contribution is 2.30. The molecule has 7 heteroatoms. The first kappa shape index (κ1) is 21.5. The molecular formula is C27H29N5OS. The molecule has 0 saturated carbocycles. The maximum absolute atomic E-state index is 13.5. The Balaban J connectivity index is 1.28. The number of rotatable bonds is 4. The van der Waals surface area contributed by atoms with E-state index >= 15 is 0 Å². The summed E-state index contributed by atoms with van der Waals surface area (Å²) in [6.45, 7) is 4.03. The first-order valence-corrected chi connectivity index (χ1v) is 13.1. The summed E-state index contributed by atoms with van der Waals surface area (Å²) in [4.78, 5) is 22.9. The normalized spacial score (nSPS) is 17.9. The van der Waals surface area contributed by atoms with E-state index < -0.39 is 0 Å². The van der Waals surface area contributed by atoms with Crippen molar-refractivity contribution < 1.29 is 4.79 Å². The lowest BCUT2D eigenvalue weighted by molar-refractivity contribution is 0.0584. The second-order valence-electron chi connectivity index (χ2n) is 9.28. The average Bonchev–Trinajstić information content (AvgIpc) is 3.54. The summed E-state index contributed by atoms with van der Waals surface area (Å²) < 4.78 is 2.95. The van der Waals surface area contributed by atoms with E-state index in [2.05, 4.69) is 23.1 Å². The second kappa shape index (κ2) is 9.31. The molecule has 2 aromatic heterocycles. The Hall–Kier alpha value is -3.03. The predicted molar refractivity (Wildman–Crippen MR) is 137 cm³/mol. The van der Waals surface area contributed by atoms with Crippen LogP contribution in [-0.2, 0) is 0 Å². The summed E-state index contributed by atoms with van der Waals surface area (Å²) in [5, 5.41) is 5.58. The fourth-order valence-corrected chi connectivity index (χ4v) is 6.21. The Kier molecular flexibility index (Phi) is 5.89. The summed E-state index contributed by atoms with van der Waals surface area (Å²) in [7, 11) is 0. The molecule has 34 heavy (non-hydrogen) atoms. The van der Waals surface area contributed by atoms with Gasteiger partial charge in [0, 0.05) is 24.7 Å². The minimum atomic E-state index is 0.0223. The fourth-order valence-electron chi connectivity index (χ4n) is 5.28. The van der Waals surface area contributed by atoms with E-state index in [1.54, 1.807) is 11.3 Å². The number of piperidine rings is 2. The van der Waals surface area contributed by atoms with Crippen molar-refractivity contribution >= 4 is 27.5 Å². The van der Waals surface area contributed by atoms with Gasteiger partial charge in [0.1, 0.15) is 0 Å². The molecule has 2 aliphatic heterocycles. The third-order valence-corrected chi connectivity index (χ3v) is 8.13. The summed E-state index contributed by atoms with van der Waals surface area (Å²) in [6.07, 6.45) is 6.08. The molecule has 2 aliphatic rings. The van der Waals surface area contributed by atoms with Crippen molar-refractivity contribution in [1.82, 2.24) is 24.6 Å². The number of carbonyl (C=O) groups is 1. The van der Waals surface area contributed by atoms with Gasteiger partial charge in [0.05, 0.1) is 15.9 Å². The lowest BCUT2D eigenvalue weighted by Gasteiger charge is -2.40. The molecule has 0 aliphatic carbocycles. The number of aromatic nitrogens is 3. The van der Waals surface area contributed by atoms with E-state index in [0.717, 1.165) is 52.5 Å². The van der Waals surface area contributed by atoms with E-state index in [0.29, 0.717) is 11.7 Å². The highest BCUT2D eigenvalue weighted by molar-refractivity contribution is 7.20. The number of para-hydroxylation sites is 1. The van der Waals surface area contributed by atoms with Crippen molar-refractivity contribution in [2.45, 2.75) is 38.1 Å². The predicted octanol–water partition coefficient (Wildman–Crippen LogP) is 5.24. The number of fused-ring (bicyclic) bond motifs is 1. The molecule has 0 N–H and O–H groups in total. The molecule has 4 aromatic rings. The van der Waals surface area contributed by atoms with Crippen LogP contribution in [0.25, 0.3) is 26.6 Å². The molecule has 174 valence electrons. The molecule has 6 rings (SSSR count). The molecule has 0 radical (unpaired) electrons. The standard InChI is InChI=1S/C27H29N5OS/c33-26(31-17-13-21(14-18-31)30-15-7-2-8-16-30)23-19-24(20-9-3-1-4-10-20)32(29-23)27-28-22-11-5-6-12-25(22)34-27/h1,3-6,9-12,19,21H,2,7-8,13-18H2. The van der Waals surface area contributed by atoms with E-state index in [-0.39, 0.29) is 5.91 Å². The number of carbonyl (C=O) groups excluding carboxylic acids is 1. The largest absolute Gasteiger partial charge is 0.337 e. The van der Waals surface area contributed by atoms with Gasteiger partial charge in [-0.3, -0.25) is 4.79 Å². The van der Waals surface area contributed by atoms with Crippen molar-refractivity contribution in [3.63, 3.8) is 0 Å². The Bertz CT molecular complexity index is 1250. The lowest BCUT2D eigenvalue weighted by Crippen LogP contribution is -2.48. The van der Waals surface area contributed by atoms with Crippen LogP contribution in [0.5, 0.6) is 0 Å². The van der Waals surface area contributed by atoms with Crippen LogP contribution in [0.1, 0.15) is 42.6 Å². The summed E-state index contributed by atoms with van der Waals surface area (Å²) in [5.41, 5.74) is 3.36. The van der Waals surface area contributed by atoms with Gasteiger partial charge in [-0.05, 0) is 57.0 Å². The van der Waals surface area contributed by atoms with Gasteiger partial charge in [-0.1, -0.05) is 60.2 Å². The van der Waals surface area contributed by atoms with Crippen molar-refractivity contribution in [3.8, 4) is 16.4 Å². The van der Waals surface area contributed by atoms with Crippen LogP contribution in [0.3, 0.4) is 0 Å². The number of hydrogen-bond acceptors (Lipinski definition) is 5. The molecule has 6 nitrogen and oxygen atoms in total. The average molecular weight is 472 g/mol. The smallest absolute Gasteiger partial charge is 0.274 e. The third-order valence-electron chi connectivity index (χ3n) is 7.12. The van der Waals surface area contributed by atoms with E-state index in [9.17, 15) is 4.79 Å². The Morgan fingerprint density at radius 2 is 1.62 bits per heavy atom. The van der Waals surface area contributed by atoms with Gasteiger partial charge in [0.25, 0.3) is 5.91 Å². The van der Waals surface area contributed by atoms with Crippen LogP contribution in [0.2, 0.25) is 0 Å². The topological polar surface area (TPSA) is 54.3 Å². The Morgan fingerprint density at radius 1 is 0.882 bits per heavy atom. The number of likely N-dealkylation sites (tertiary alicyclic amines) is 2. The molecule has 1 amide bonds. The fraction of sp³-hybridized carbons (Fsp3) is 0.370. The van der Waals surface area contributed by atoms with E-state index in [1.165, 1.54) is 32.4 Å². The number of amides is 1. The molecule has 2 aromatic carbocycles. The van der Waals surface area contributed by atoms with Crippen LogP contribution >= 0.6 is 11.3 Å². The summed E-state index contributed by atoms with van der Waals surface area (Å²) >= 11 is 1.59. The van der Waals surface area contributed by atoms with Gasteiger partial charge in [-0.2, -0.15) is 5.10 Å². The summed E-state index contributed by atoms with van der Waals surface area (Å²) in [5.74, 6) is 0.0223. The number of nitrogens with zero attached hydrogens (tertiary/aromatic N) is 5. The van der Waals surface area contributed by atoms with Crippen molar-refractivity contribution in [3.05, 3.63) is 66.4 Å². The highest BCUT2D eigenvalue weighted by Gasteiger charge is 2.29. The maximum atomic E-state index is 13.5. The zero-order valence-corrected chi connectivity index (χ0v) is 20.1. The number of thiazole rings is 1. The molecule has 0 unspecified atom stereocenters. The van der Waals surface area contributed by atoms with Crippen LogP contribution in [0.4, 0.5) is 0 Å². The van der Waals surface area contributed by atoms with Crippen molar-refractivity contribution in [2.75, 3.05) is 26.2 Å². The van der Waals surface area contributed by atoms with Crippen LogP contribution in [0, 0.1) is 0 Å². The zero-order chi connectivity index (χ0) is 22.9. The summed E-state index contributed by atoms with van der Waals surface area (Å²) in [6, 6.07) is 20.8. The van der Waals surface area contributed by atoms with E-state index in [1.807, 2.05) is 52.0 Å². The third kappa shape index (κ3) is 4.14. The first-order chi connectivity index (χ1) is 16.8. The minimum absolute atomic E-state index is 0.0223. The second-order valence-corrected chi connectivity index (χ2v) is 10.3. The van der Waals surface area contributed by atoms with Gasteiger partial charge < -0.3 is 9.80 Å². The van der Waals surface area contributed by atoms with Gasteiger partial charge in [-0.15, -0.1) is 0 Å².